The third kappa shape index (κ3) is 4.80. The standard InChI is InChI=1S/C42H44N5O9S.U/c1-18-10-24-27(32(49)33(18)52-5)30-31-37-29-28(36-35(54-17-55-36)19(2)34(29)56-20(3)48)26(47(31)41(51)14-40(24,4)46(30)15-41)13-53-39(50)42(16-57-37)38-23(11-21(12-43)45-42)22-8-6-7-9-25(22)44-38;/h7-10,21,26,30-31,37,44-45,49,51H,11-17,43H2,1-5H3;/q-1;/t21-,26+,30-,31?,37-,40?,41+,42-;/m1./s1. The Morgan fingerprint density at radius 1 is 1.17 bits per heavy atom. The van der Waals surface area contributed by atoms with Crippen LogP contribution in [0.5, 0.6) is 28.7 Å². The average Bonchev–Trinajstić information content (AvgIpc) is 3.93. The first kappa shape index (κ1) is 38.7. The van der Waals surface area contributed by atoms with Crippen LogP contribution in [0.3, 0.4) is 0 Å². The van der Waals surface area contributed by atoms with Gasteiger partial charge in [-0.1, -0.05) is 11.1 Å². The summed E-state index contributed by atoms with van der Waals surface area (Å²) in [5, 5.41) is 29.4. The number of benzene rings is 3. The molecule has 4 aromatic rings. The first-order chi connectivity index (χ1) is 27.3. The molecular weight excluding hydrogens is 989 g/mol. The van der Waals surface area contributed by atoms with Crippen LogP contribution in [-0.4, -0.2) is 94.1 Å². The number of rotatable bonds is 3. The Morgan fingerprint density at radius 2 is 1.97 bits per heavy atom. The van der Waals surface area contributed by atoms with Gasteiger partial charge >= 0.3 is 11.9 Å². The van der Waals surface area contributed by atoms with Crippen molar-refractivity contribution in [2.24, 2.45) is 5.73 Å². The predicted molar refractivity (Wildman–Crippen MR) is 207 cm³/mol. The molecule has 2 unspecified atom stereocenters. The number of aromatic nitrogens is 1. The monoisotopic (exact) mass is 1030 g/mol. The summed E-state index contributed by atoms with van der Waals surface area (Å²) in [4.78, 5) is 36.1. The Balaban J connectivity index is 0.00000408. The van der Waals surface area contributed by atoms with Gasteiger partial charge in [-0.3, -0.25) is 19.9 Å². The molecule has 3 saturated heterocycles. The number of aliphatic hydroxyl groups is 1. The normalized spacial score (nSPS) is 32.6. The van der Waals surface area contributed by atoms with Crippen molar-refractivity contribution in [3.8, 4) is 28.7 Å². The van der Waals surface area contributed by atoms with E-state index in [1.54, 1.807) is 7.11 Å². The minimum atomic E-state index is -1.39. The number of fused-ring (bicyclic) bond motifs is 11. The fourth-order valence-electron chi connectivity index (χ4n) is 11.8. The third-order valence-electron chi connectivity index (χ3n) is 13.9. The number of carbonyl (C=O) groups is 2. The molecular formula is C42H44N5O9SU-. The van der Waals surface area contributed by atoms with Crippen molar-refractivity contribution >= 4 is 34.6 Å². The Morgan fingerprint density at radius 3 is 2.72 bits per heavy atom. The molecule has 8 aliphatic rings. The van der Waals surface area contributed by atoms with Gasteiger partial charge in [0.25, 0.3) is 0 Å². The number of H-pyrrole nitrogens is 1. The third-order valence-corrected chi connectivity index (χ3v) is 15.3. The summed E-state index contributed by atoms with van der Waals surface area (Å²) in [6.45, 7) is 7.62. The van der Waals surface area contributed by atoms with E-state index in [2.05, 4.69) is 39.2 Å². The number of piperazine rings is 1. The van der Waals surface area contributed by atoms with Gasteiger partial charge in [-0.05, 0) is 44.4 Å². The van der Waals surface area contributed by atoms with Gasteiger partial charge in [0.2, 0.25) is 6.79 Å². The van der Waals surface area contributed by atoms with Gasteiger partial charge in [-0.2, -0.15) is 18.2 Å². The zero-order valence-corrected chi connectivity index (χ0v) is 37.8. The quantitative estimate of drug-likeness (QED) is 0.114. The van der Waals surface area contributed by atoms with Crippen molar-refractivity contribution in [3.05, 3.63) is 75.0 Å². The number of hydrogen-bond acceptors (Lipinski definition) is 14. The van der Waals surface area contributed by atoms with Crippen LogP contribution in [0.15, 0.2) is 24.3 Å². The van der Waals surface area contributed by atoms with E-state index in [4.69, 9.17) is 29.4 Å². The van der Waals surface area contributed by atoms with E-state index in [0.717, 1.165) is 38.9 Å². The molecule has 58 heavy (non-hydrogen) atoms. The summed E-state index contributed by atoms with van der Waals surface area (Å²) in [5.41, 5.74) is 10.0. The van der Waals surface area contributed by atoms with E-state index in [1.165, 1.54) is 18.7 Å². The number of aromatic hydroxyl groups is 1. The van der Waals surface area contributed by atoms with Gasteiger partial charge in [0, 0.05) is 109 Å². The first-order valence-electron chi connectivity index (χ1n) is 19.5. The summed E-state index contributed by atoms with van der Waals surface area (Å²) >= 11 is 1.53. The van der Waals surface area contributed by atoms with E-state index >= 15 is 4.79 Å². The molecule has 9 heterocycles. The number of nitrogens with zero attached hydrogens (tertiary/aromatic N) is 2. The van der Waals surface area contributed by atoms with Gasteiger partial charge in [-0.25, -0.2) is 4.79 Å². The molecule has 1 spiro atoms. The molecule has 0 amide bonds. The maximum Gasteiger partial charge on any atom is 0.333 e. The summed E-state index contributed by atoms with van der Waals surface area (Å²) in [7, 11) is 1.56. The maximum absolute atomic E-state index is 15.1. The Bertz CT molecular complexity index is 2480. The second kappa shape index (κ2) is 13.0. The number of nitrogens with two attached hydrogens (primary N) is 1. The number of carbonyl (C=O) groups excluding carboxylic acids is 2. The Labute approximate surface area is 362 Å². The minimum absolute atomic E-state index is 0. The molecule has 3 fully saturated rings. The molecule has 3 aromatic carbocycles. The van der Waals surface area contributed by atoms with Gasteiger partial charge in [0.15, 0.2) is 28.5 Å². The maximum atomic E-state index is 15.1. The van der Waals surface area contributed by atoms with Gasteiger partial charge < -0.3 is 44.6 Å². The number of aryl methyl sites for hydroxylation is 1. The van der Waals surface area contributed by atoms with Gasteiger partial charge in [0.1, 0.15) is 18.1 Å². The van der Waals surface area contributed by atoms with E-state index in [9.17, 15) is 15.0 Å². The SMILES string of the molecule is COc1c(C)cc2c(c1O)[C@@H]1C3[C@@H]4SC[C@]5(N[C@@H](CN)Cc6c5[nH]c5cc[c-]cc65)C(=O)OC[C@@H](c5c6c(c(C)c(OC(C)=O)c54)OCO6)N3[C@@]3(O)CN1C2(C)C3.[U]. The van der Waals surface area contributed by atoms with E-state index < -0.39 is 52.1 Å². The second-order valence-corrected chi connectivity index (χ2v) is 18.0. The minimum Gasteiger partial charge on any atom is -0.504 e. The van der Waals surface area contributed by atoms with Crippen molar-refractivity contribution in [1.29, 1.82) is 0 Å². The predicted octanol–water partition coefficient (Wildman–Crippen LogP) is 3.76. The summed E-state index contributed by atoms with van der Waals surface area (Å²) in [5.74, 6) is 0.966. The molecule has 8 atom stereocenters. The number of aromatic amines is 1. The molecule has 1 aromatic heterocycles. The molecule has 0 aliphatic carbocycles. The van der Waals surface area contributed by atoms with Crippen LogP contribution in [0.2, 0.25) is 0 Å². The summed E-state index contributed by atoms with van der Waals surface area (Å²) < 4.78 is 30.9. The number of phenols is 1. The molecule has 4 bridgehead atoms. The Hall–Kier alpha value is -3.46. The number of phenolic OH excluding ortho intramolecular Hbond substituents is 1. The van der Waals surface area contributed by atoms with Gasteiger partial charge in [0.05, 0.1) is 24.4 Å². The van der Waals surface area contributed by atoms with E-state index in [0.29, 0.717) is 52.5 Å². The summed E-state index contributed by atoms with van der Waals surface area (Å²) in [6, 6.07) is 9.01. The zero-order valence-electron chi connectivity index (χ0n) is 32.8. The largest absolute Gasteiger partial charge is 0.504 e. The van der Waals surface area contributed by atoms with Crippen LogP contribution >= 0.6 is 11.8 Å². The molecule has 0 radical (unpaired) electrons. The van der Waals surface area contributed by atoms with E-state index in [1.807, 2.05) is 32.0 Å². The van der Waals surface area contributed by atoms with Crippen LogP contribution in [0.4, 0.5) is 0 Å². The molecule has 6 N–H and O–H groups in total. The Kier molecular flexibility index (Phi) is 8.69. The molecule has 16 heteroatoms. The van der Waals surface area contributed by atoms with Crippen LogP contribution in [0.1, 0.15) is 82.2 Å². The number of hydrogen-bond donors (Lipinski definition) is 5. The van der Waals surface area contributed by atoms with Gasteiger partial charge in [-0.15, -0.1) is 23.2 Å². The zero-order chi connectivity index (χ0) is 39.5. The van der Waals surface area contributed by atoms with Crippen molar-refractivity contribution in [1.82, 2.24) is 20.1 Å². The molecule has 12 rings (SSSR count). The van der Waals surface area contributed by atoms with E-state index in [-0.39, 0.29) is 75.1 Å². The number of methoxy groups -OCH3 is 1. The number of ether oxygens (including phenoxy) is 5. The second-order valence-electron chi connectivity index (χ2n) is 16.9. The van der Waals surface area contributed by atoms with Crippen LogP contribution in [0, 0.1) is 51.0 Å². The van der Waals surface area contributed by atoms with Crippen molar-refractivity contribution in [2.75, 3.05) is 39.4 Å². The molecule has 302 valence electrons. The molecule has 8 aliphatic heterocycles. The fourth-order valence-corrected chi connectivity index (χ4v) is 13.4. The summed E-state index contributed by atoms with van der Waals surface area (Å²) in [6.07, 6.45) is 0.928. The molecule has 0 saturated carbocycles. The molecule has 14 nitrogen and oxygen atoms in total. The van der Waals surface area contributed by atoms with Crippen LogP contribution in [0.25, 0.3) is 10.9 Å². The van der Waals surface area contributed by atoms with Crippen molar-refractivity contribution in [2.45, 2.75) is 86.8 Å². The first-order valence-corrected chi connectivity index (χ1v) is 20.5. The number of thioether (sulfide) groups is 1. The van der Waals surface area contributed by atoms with Crippen LogP contribution < -0.4 is 30.0 Å². The topological polar surface area (TPSA) is 181 Å². The van der Waals surface area contributed by atoms with Crippen molar-refractivity contribution < 1.29 is 74.6 Å². The number of nitrogens with one attached hydrogen (secondary N) is 2. The van der Waals surface area contributed by atoms with Crippen LogP contribution in [-0.2, 0) is 31.8 Å². The fraction of sp³-hybridized carbons (Fsp3) is 0.476. The number of esters is 2. The smallest absolute Gasteiger partial charge is 0.333 e. The average molecular weight is 1030 g/mol. The van der Waals surface area contributed by atoms with Crippen molar-refractivity contribution in [3.63, 3.8) is 0 Å².